The van der Waals surface area contributed by atoms with Crippen molar-refractivity contribution in [1.82, 2.24) is 25.2 Å². The maximum atomic E-state index is 13.2. The molecule has 1 amide bonds. The summed E-state index contributed by atoms with van der Waals surface area (Å²) >= 11 is 0. The predicted octanol–water partition coefficient (Wildman–Crippen LogP) is 2.76. The van der Waals surface area contributed by atoms with Gasteiger partial charge in [0.1, 0.15) is 5.75 Å². The number of likely N-dealkylation sites (tertiary alicyclic amines) is 1. The van der Waals surface area contributed by atoms with Crippen molar-refractivity contribution in [2.24, 2.45) is 0 Å². The van der Waals surface area contributed by atoms with E-state index in [1.54, 1.807) is 18.0 Å². The molecule has 0 aliphatic carbocycles. The smallest absolute Gasteiger partial charge is 0.360 e. The molecule has 0 saturated carbocycles. The first kappa shape index (κ1) is 25.1. The molecule has 1 aliphatic rings. The van der Waals surface area contributed by atoms with E-state index >= 15 is 0 Å². The molecule has 9 heteroatoms. The molecule has 1 fully saturated rings. The number of methoxy groups -OCH3 is 2. The Labute approximate surface area is 210 Å². The Balaban J connectivity index is 1.45. The fraction of sp³-hybridized carbons (Fsp3) is 0.333. The largest absolute Gasteiger partial charge is 0.496 e. The zero-order valence-electron chi connectivity index (χ0n) is 20.5. The van der Waals surface area contributed by atoms with E-state index in [4.69, 9.17) is 9.47 Å². The second-order valence-corrected chi connectivity index (χ2v) is 8.61. The number of esters is 1. The topological polar surface area (TPSA) is 98.6 Å². The van der Waals surface area contributed by atoms with E-state index in [0.717, 1.165) is 17.7 Å². The highest BCUT2D eigenvalue weighted by atomic mass is 16.5. The van der Waals surface area contributed by atoms with Gasteiger partial charge in [-0.25, -0.2) is 9.48 Å². The van der Waals surface area contributed by atoms with E-state index in [1.165, 1.54) is 12.7 Å². The van der Waals surface area contributed by atoms with Gasteiger partial charge in [0.2, 0.25) is 5.91 Å². The Morgan fingerprint density at radius 3 is 2.67 bits per heavy atom. The minimum Gasteiger partial charge on any atom is -0.496 e. The molecule has 1 aliphatic heterocycles. The molecule has 4 rings (SSSR count). The van der Waals surface area contributed by atoms with Crippen LogP contribution in [-0.4, -0.2) is 71.7 Å². The highest BCUT2D eigenvalue weighted by Crippen LogP contribution is 2.27. The van der Waals surface area contributed by atoms with E-state index in [0.29, 0.717) is 26.1 Å². The summed E-state index contributed by atoms with van der Waals surface area (Å²) in [6, 6.07) is 17.4. The van der Waals surface area contributed by atoms with Gasteiger partial charge in [-0.05, 0) is 24.5 Å². The average Bonchev–Trinajstić information content (AvgIpc) is 3.57. The molecule has 0 radical (unpaired) electrons. The number of carbonyl (C=O) groups excluding carboxylic acids is 2. The van der Waals surface area contributed by atoms with Crippen LogP contribution in [0.1, 0.15) is 34.1 Å². The van der Waals surface area contributed by atoms with E-state index in [9.17, 15) is 9.59 Å². The summed E-state index contributed by atoms with van der Waals surface area (Å²) < 4.78 is 11.8. The minimum atomic E-state index is -0.536. The van der Waals surface area contributed by atoms with Gasteiger partial charge in [-0.15, -0.1) is 5.10 Å². The summed E-state index contributed by atoms with van der Waals surface area (Å²) in [4.78, 5) is 27.1. The monoisotopic (exact) mass is 489 g/mol. The Morgan fingerprint density at radius 1 is 1.11 bits per heavy atom. The number of carbonyl (C=O) groups is 2. The lowest BCUT2D eigenvalue weighted by Gasteiger charge is -2.22. The molecule has 1 N–H and O–H groups in total. The number of ether oxygens (including phenoxy) is 2. The van der Waals surface area contributed by atoms with E-state index in [2.05, 4.69) is 32.7 Å². The predicted molar refractivity (Wildman–Crippen MR) is 136 cm³/mol. The first-order valence-corrected chi connectivity index (χ1v) is 11.9. The molecular formula is C27H31N5O4. The lowest BCUT2D eigenvalue weighted by Crippen LogP contribution is -2.43. The van der Waals surface area contributed by atoms with E-state index in [-0.39, 0.29) is 23.7 Å². The van der Waals surface area contributed by atoms with Gasteiger partial charge < -0.3 is 14.8 Å². The molecule has 2 atom stereocenters. The van der Waals surface area contributed by atoms with Gasteiger partial charge in [0, 0.05) is 25.2 Å². The highest BCUT2D eigenvalue weighted by molar-refractivity contribution is 5.86. The lowest BCUT2D eigenvalue weighted by molar-refractivity contribution is -0.125. The molecule has 2 aromatic carbocycles. The number of benzene rings is 2. The fourth-order valence-electron chi connectivity index (χ4n) is 4.41. The molecule has 3 aromatic rings. The highest BCUT2D eigenvalue weighted by Gasteiger charge is 2.37. The standard InChI is InChI=1S/C27H31N5O4/c1-35-25-13-7-6-11-21(25)12-8-16-31-18-22(32-19-23(29-30-32)27(34)36-2)17-24(31)26(33)28-15-14-20-9-4-3-5-10-20/h3-13,19,22,24H,14-18H2,1-2H3,(H,28,33)/t22-,24-/m0/s1. The van der Waals surface area contributed by atoms with Crippen LogP contribution >= 0.6 is 0 Å². The summed E-state index contributed by atoms with van der Waals surface area (Å²) in [5.41, 5.74) is 2.30. The van der Waals surface area contributed by atoms with Crippen molar-refractivity contribution < 1.29 is 19.1 Å². The van der Waals surface area contributed by atoms with Gasteiger partial charge in [0.15, 0.2) is 5.69 Å². The van der Waals surface area contributed by atoms with Crippen LogP contribution in [0.25, 0.3) is 6.08 Å². The van der Waals surface area contributed by atoms with Crippen LogP contribution in [0.3, 0.4) is 0 Å². The van der Waals surface area contributed by atoms with Crippen LogP contribution < -0.4 is 10.1 Å². The number of amides is 1. The van der Waals surface area contributed by atoms with Crippen LogP contribution in [-0.2, 0) is 16.0 Å². The SMILES string of the molecule is COC(=O)c1cn([C@H]2C[C@@H](C(=O)NCCc3ccccc3)N(CC=Cc3ccccc3OC)C2)nn1. The normalized spacial score (nSPS) is 17.8. The molecule has 0 spiro atoms. The third kappa shape index (κ3) is 6.17. The van der Waals surface area contributed by atoms with Gasteiger partial charge in [0.25, 0.3) is 0 Å². The Kier molecular flexibility index (Phi) is 8.46. The van der Waals surface area contributed by atoms with Crippen LogP contribution in [0, 0.1) is 0 Å². The third-order valence-corrected chi connectivity index (χ3v) is 6.29. The molecule has 1 saturated heterocycles. The third-order valence-electron chi connectivity index (χ3n) is 6.29. The zero-order chi connectivity index (χ0) is 25.3. The summed E-state index contributed by atoms with van der Waals surface area (Å²) in [5, 5.41) is 11.1. The average molecular weight is 490 g/mol. The summed E-state index contributed by atoms with van der Waals surface area (Å²) in [6.07, 6.45) is 6.94. The molecular weight excluding hydrogens is 458 g/mol. The van der Waals surface area contributed by atoms with Gasteiger partial charge in [-0.1, -0.05) is 65.9 Å². The van der Waals surface area contributed by atoms with Gasteiger partial charge >= 0.3 is 5.97 Å². The number of nitrogens with zero attached hydrogens (tertiary/aromatic N) is 4. The van der Waals surface area contributed by atoms with Gasteiger partial charge in [-0.2, -0.15) is 0 Å². The number of rotatable bonds is 10. The second-order valence-electron chi connectivity index (χ2n) is 8.61. The van der Waals surface area contributed by atoms with Crippen molar-refractivity contribution in [1.29, 1.82) is 0 Å². The number of hydrogen-bond donors (Lipinski definition) is 1. The molecule has 2 heterocycles. The van der Waals surface area contributed by atoms with Crippen molar-refractivity contribution in [3.63, 3.8) is 0 Å². The van der Waals surface area contributed by atoms with E-state index in [1.807, 2.05) is 54.6 Å². The second kappa shape index (κ2) is 12.1. The van der Waals surface area contributed by atoms with Crippen molar-refractivity contribution in [2.75, 3.05) is 33.9 Å². The van der Waals surface area contributed by atoms with Crippen molar-refractivity contribution in [3.8, 4) is 5.75 Å². The van der Waals surface area contributed by atoms with E-state index < -0.39 is 5.97 Å². The van der Waals surface area contributed by atoms with Gasteiger partial charge in [-0.3, -0.25) is 9.69 Å². The molecule has 9 nitrogen and oxygen atoms in total. The Morgan fingerprint density at radius 2 is 1.89 bits per heavy atom. The molecule has 36 heavy (non-hydrogen) atoms. The van der Waals surface area contributed by atoms with Crippen molar-refractivity contribution in [3.05, 3.63) is 83.7 Å². The summed E-state index contributed by atoms with van der Waals surface area (Å²) in [6.45, 7) is 1.73. The molecule has 0 bridgehead atoms. The first-order chi connectivity index (χ1) is 17.6. The number of nitrogens with one attached hydrogen (secondary N) is 1. The van der Waals surface area contributed by atoms with Crippen LogP contribution in [0.15, 0.2) is 66.9 Å². The van der Waals surface area contributed by atoms with Crippen molar-refractivity contribution >= 4 is 18.0 Å². The summed E-state index contributed by atoms with van der Waals surface area (Å²) in [7, 11) is 2.96. The van der Waals surface area contributed by atoms with Crippen LogP contribution in [0.4, 0.5) is 0 Å². The number of aromatic nitrogens is 3. The number of para-hydroxylation sites is 1. The van der Waals surface area contributed by atoms with Crippen LogP contribution in [0.5, 0.6) is 5.75 Å². The molecule has 188 valence electrons. The van der Waals surface area contributed by atoms with Crippen LogP contribution in [0.2, 0.25) is 0 Å². The molecule has 1 aromatic heterocycles. The molecule has 0 unspecified atom stereocenters. The quantitative estimate of drug-likeness (QED) is 0.437. The summed E-state index contributed by atoms with van der Waals surface area (Å²) in [5.74, 6) is 0.236. The Hall–Kier alpha value is -3.98. The Bertz CT molecular complexity index is 1190. The fourth-order valence-corrected chi connectivity index (χ4v) is 4.41. The first-order valence-electron chi connectivity index (χ1n) is 11.9. The lowest BCUT2D eigenvalue weighted by atomic mass is 10.1. The maximum absolute atomic E-state index is 13.2. The van der Waals surface area contributed by atoms with Gasteiger partial charge in [0.05, 0.1) is 32.5 Å². The minimum absolute atomic E-state index is 0.0209. The zero-order valence-corrected chi connectivity index (χ0v) is 20.5. The maximum Gasteiger partial charge on any atom is 0.360 e. The number of hydrogen-bond acceptors (Lipinski definition) is 7. The van der Waals surface area contributed by atoms with Crippen molar-refractivity contribution in [2.45, 2.75) is 24.9 Å².